The number of anilines is 1. The second-order valence-corrected chi connectivity index (χ2v) is 8.51. The van der Waals surface area contributed by atoms with Crippen LogP contribution in [0.5, 0.6) is 17.2 Å². The van der Waals surface area contributed by atoms with Crippen molar-refractivity contribution in [3.8, 4) is 17.2 Å². The Morgan fingerprint density at radius 3 is 2.51 bits per heavy atom. The quantitative estimate of drug-likeness (QED) is 0.341. The number of rotatable bonds is 10. The molecule has 35 heavy (non-hydrogen) atoms. The summed E-state index contributed by atoms with van der Waals surface area (Å²) in [6.45, 7) is 5.21. The molecule has 0 atom stereocenters. The molecule has 186 valence electrons. The highest BCUT2D eigenvalue weighted by molar-refractivity contribution is 6.06. The number of aliphatic hydroxyl groups is 1. The van der Waals surface area contributed by atoms with E-state index in [1.165, 1.54) is 7.11 Å². The van der Waals surface area contributed by atoms with Crippen LogP contribution >= 0.6 is 0 Å². The molecule has 1 heterocycles. The van der Waals surface area contributed by atoms with Crippen LogP contribution in [0.2, 0.25) is 0 Å². The lowest BCUT2D eigenvalue weighted by Gasteiger charge is -2.27. The van der Waals surface area contributed by atoms with Crippen molar-refractivity contribution < 1.29 is 34.0 Å². The lowest BCUT2D eigenvalue weighted by Crippen LogP contribution is -2.47. The van der Waals surface area contributed by atoms with Crippen LogP contribution in [0.25, 0.3) is 10.9 Å². The van der Waals surface area contributed by atoms with Gasteiger partial charge in [0.1, 0.15) is 24.5 Å². The summed E-state index contributed by atoms with van der Waals surface area (Å²) in [7, 11) is 1.46. The number of methoxy groups -OCH3 is 1. The molecule has 1 amide bonds. The molecule has 0 radical (unpaired) electrons. The first-order valence-electron chi connectivity index (χ1n) is 10.9. The standard InChI is InChI=1S/C25H29N3O7/c1-14-20(24(31)32)22(26)21-16(27-14)6-5-7-18(21)35-13-25(2,3)28-23(30)15-8-9-17(34-11-10-29)19(12-15)33-4/h5-9,12,29H,10-11,13H2,1-4H3,(H2,26,27)(H,28,30)(H,31,32). The Hall–Kier alpha value is -4.05. The number of carbonyl (C=O) groups excluding carboxylic acids is 1. The Balaban J connectivity index is 1.79. The van der Waals surface area contributed by atoms with Crippen molar-refractivity contribution in [2.24, 2.45) is 0 Å². The lowest BCUT2D eigenvalue weighted by molar-refractivity contribution is 0.0696. The number of nitrogen functional groups attached to an aromatic ring is 1. The molecule has 10 nitrogen and oxygen atoms in total. The summed E-state index contributed by atoms with van der Waals surface area (Å²) in [5, 5.41) is 21.8. The van der Waals surface area contributed by atoms with Crippen molar-refractivity contribution >= 4 is 28.5 Å². The van der Waals surface area contributed by atoms with Crippen molar-refractivity contribution in [2.45, 2.75) is 26.3 Å². The van der Waals surface area contributed by atoms with Gasteiger partial charge in [-0.15, -0.1) is 0 Å². The number of pyridine rings is 1. The molecule has 10 heteroatoms. The van der Waals surface area contributed by atoms with Crippen molar-refractivity contribution in [1.82, 2.24) is 10.3 Å². The zero-order valence-electron chi connectivity index (χ0n) is 20.0. The van der Waals surface area contributed by atoms with Gasteiger partial charge in [-0.1, -0.05) is 6.07 Å². The van der Waals surface area contributed by atoms with E-state index in [9.17, 15) is 14.7 Å². The summed E-state index contributed by atoms with van der Waals surface area (Å²) in [5.74, 6) is -0.375. The van der Waals surface area contributed by atoms with Crippen LogP contribution in [-0.2, 0) is 0 Å². The highest BCUT2D eigenvalue weighted by Crippen LogP contribution is 2.34. The molecule has 5 N–H and O–H groups in total. The molecule has 0 spiro atoms. The summed E-state index contributed by atoms with van der Waals surface area (Å²) in [6.07, 6.45) is 0. The Kier molecular flexibility index (Phi) is 7.65. The number of amides is 1. The number of benzene rings is 2. The molecule has 0 aliphatic rings. The Labute approximate surface area is 202 Å². The second kappa shape index (κ2) is 10.5. The first kappa shape index (κ1) is 25.6. The topological polar surface area (TPSA) is 153 Å². The van der Waals surface area contributed by atoms with Crippen LogP contribution in [-0.4, -0.2) is 59.5 Å². The van der Waals surface area contributed by atoms with E-state index >= 15 is 0 Å². The zero-order valence-corrected chi connectivity index (χ0v) is 20.0. The van der Waals surface area contributed by atoms with E-state index < -0.39 is 11.5 Å². The van der Waals surface area contributed by atoms with E-state index in [0.717, 1.165) is 0 Å². The van der Waals surface area contributed by atoms with Crippen LogP contribution in [0.1, 0.15) is 40.3 Å². The van der Waals surface area contributed by atoms with Gasteiger partial charge in [0.15, 0.2) is 11.5 Å². The molecule has 0 aliphatic heterocycles. The fraction of sp³-hybridized carbons (Fsp3) is 0.320. The fourth-order valence-electron chi connectivity index (χ4n) is 3.59. The third-order valence-electron chi connectivity index (χ3n) is 5.22. The fourth-order valence-corrected chi connectivity index (χ4v) is 3.59. The molecule has 1 aromatic heterocycles. The largest absolute Gasteiger partial charge is 0.493 e. The number of nitrogens with two attached hydrogens (primary N) is 1. The van der Waals surface area contributed by atoms with Gasteiger partial charge in [-0.3, -0.25) is 9.78 Å². The maximum absolute atomic E-state index is 12.9. The first-order valence-corrected chi connectivity index (χ1v) is 10.9. The number of ether oxygens (including phenoxy) is 3. The number of carbonyl (C=O) groups is 2. The predicted octanol–water partition coefficient (Wildman–Crippen LogP) is 2.79. The summed E-state index contributed by atoms with van der Waals surface area (Å²) in [5.41, 5.74) is 6.57. The third kappa shape index (κ3) is 5.72. The molecule has 0 saturated carbocycles. The molecule has 0 bridgehead atoms. The molecular formula is C25H29N3O7. The van der Waals surface area contributed by atoms with E-state index in [1.54, 1.807) is 57.2 Å². The predicted molar refractivity (Wildman–Crippen MR) is 130 cm³/mol. The number of aromatic carboxylic acids is 1. The number of carboxylic acid groups (broad SMARTS) is 1. The minimum atomic E-state index is -1.17. The van der Waals surface area contributed by atoms with Crippen molar-refractivity contribution in [1.29, 1.82) is 0 Å². The highest BCUT2D eigenvalue weighted by atomic mass is 16.5. The lowest BCUT2D eigenvalue weighted by atomic mass is 10.0. The van der Waals surface area contributed by atoms with Crippen LogP contribution in [0.4, 0.5) is 5.69 Å². The van der Waals surface area contributed by atoms with Crippen molar-refractivity contribution in [2.75, 3.05) is 32.7 Å². The van der Waals surface area contributed by atoms with E-state index in [-0.39, 0.29) is 37.0 Å². The summed E-state index contributed by atoms with van der Waals surface area (Å²) < 4.78 is 16.7. The Bertz CT molecular complexity index is 1260. The molecule has 0 fully saturated rings. The molecule has 0 saturated heterocycles. The van der Waals surface area contributed by atoms with Gasteiger partial charge >= 0.3 is 5.97 Å². The van der Waals surface area contributed by atoms with Gasteiger partial charge < -0.3 is 35.5 Å². The second-order valence-electron chi connectivity index (χ2n) is 8.51. The Morgan fingerprint density at radius 1 is 1.11 bits per heavy atom. The van der Waals surface area contributed by atoms with Crippen molar-refractivity contribution in [3.05, 3.63) is 53.2 Å². The SMILES string of the molecule is COc1cc(C(=O)NC(C)(C)COc2cccc3nc(C)c(C(=O)O)c(N)c23)ccc1OCCO. The average molecular weight is 484 g/mol. The maximum Gasteiger partial charge on any atom is 0.339 e. The first-order chi connectivity index (χ1) is 16.6. The minimum absolute atomic E-state index is 0.0681. The van der Waals surface area contributed by atoms with Gasteiger partial charge in [0.25, 0.3) is 5.91 Å². The van der Waals surface area contributed by atoms with Crippen LogP contribution in [0.3, 0.4) is 0 Å². The number of aromatic nitrogens is 1. The third-order valence-corrected chi connectivity index (χ3v) is 5.22. The molecule has 2 aromatic carbocycles. The number of aryl methyl sites for hydroxylation is 1. The highest BCUT2D eigenvalue weighted by Gasteiger charge is 2.25. The molecule has 0 unspecified atom stereocenters. The number of nitrogens with one attached hydrogen (secondary N) is 1. The Morgan fingerprint density at radius 2 is 1.86 bits per heavy atom. The number of aliphatic hydroxyl groups excluding tert-OH is 1. The number of hydrogen-bond donors (Lipinski definition) is 4. The maximum atomic E-state index is 12.9. The van der Waals surface area contributed by atoms with Gasteiger partial charge in [-0.25, -0.2) is 4.79 Å². The smallest absolute Gasteiger partial charge is 0.339 e. The monoisotopic (exact) mass is 483 g/mol. The summed E-state index contributed by atoms with van der Waals surface area (Å²) in [6, 6.07) is 9.88. The average Bonchev–Trinajstić information content (AvgIpc) is 2.80. The number of hydrogen-bond acceptors (Lipinski definition) is 8. The van der Waals surface area contributed by atoms with Crippen LogP contribution in [0.15, 0.2) is 36.4 Å². The van der Waals surface area contributed by atoms with Gasteiger partial charge in [0.2, 0.25) is 0 Å². The van der Waals surface area contributed by atoms with E-state index in [4.69, 9.17) is 25.1 Å². The van der Waals surface area contributed by atoms with Gasteiger partial charge in [-0.05, 0) is 51.1 Å². The van der Waals surface area contributed by atoms with Crippen LogP contribution in [0, 0.1) is 6.92 Å². The summed E-state index contributed by atoms with van der Waals surface area (Å²) >= 11 is 0. The number of fused-ring (bicyclic) bond motifs is 1. The van der Waals surface area contributed by atoms with Gasteiger partial charge in [0.05, 0.1) is 41.5 Å². The van der Waals surface area contributed by atoms with Gasteiger partial charge in [0, 0.05) is 5.56 Å². The van der Waals surface area contributed by atoms with Crippen molar-refractivity contribution in [3.63, 3.8) is 0 Å². The van der Waals surface area contributed by atoms with E-state index in [1.807, 2.05) is 0 Å². The normalized spacial score (nSPS) is 11.2. The molecular weight excluding hydrogens is 454 g/mol. The molecule has 3 aromatic rings. The molecule has 3 rings (SSSR count). The number of carboxylic acids is 1. The molecule has 0 aliphatic carbocycles. The summed E-state index contributed by atoms with van der Waals surface area (Å²) in [4.78, 5) is 28.9. The van der Waals surface area contributed by atoms with Gasteiger partial charge in [-0.2, -0.15) is 0 Å². The van der Waals surface area contributed by atoms with Crippen LogP contribution < -0.4 is 25.3 Å². The minimum Gasteiger partial charge on any atom is -0.493 e. The van der Waals surface area contributed by atoms with E-state index in [2.05, 4.69) is 10.3 Å². The van der Waals surface area contributed by atoms with E-state index in [0.29, 0.717) is 39.4 Å². The number of nitrogens with zero attached hydrogens (tertiary/aromatic N) is 1. The zero-order chi connectivity index (χ0) is 25.8.